The number of rotatable bonds is 10. The van der Waals surface area contributed by atoms with E-state index in [4.69, 9.17) is 18.6 Å². The van der Waals surface area contributed by atoms with Gasteiger partial charge in [0.15, 0.2) is 22.9 Å². The molecule has 228 valence electrons. The number of carbonyl (C=O) groups excluding carboxylic acids is 2. The van der Waals surface area contributed by atoms with Crippen molar-refractivity contribution in [3.05, 3.63) is 100 Å². The number of carbonyl (C=O) groups is 2. The van der Waals surface area contributed by atoms with E-state index in [1.165, 1.54) is 23.0 Å². The van der Waals surface area contributed by atoms with Crippen LogP contribution in [0.25, 0.3) is 17.4 Å². The number of allylic oxidation sites excluding steroid dienone is 1. The summed E-state index contributed by atoms with van der Waals surface area (Å²) in [6, 6.07) is 15.8. The Kier molecular flexibility index (Phi) is 9.69. The van der Waals surface area contributed by atoms with Crippen LogP contribution in [0.15, 0.2) is 80.1 Å². The molecule has 0 radical (unpaired) electrons. The van der Waals surface area contributed by atoms with E-state index < -0.39 is 18.0 Å². The Morgan fingerprint density at radius 1 is 1.05 bits per heavy atom. The van der Waals surface area contributed by atoms with Crippen molar-refractivity contribution in [2.45, 2.75) is 26.8 Å². The number of methoxy groups -OCH3 is 1. The summed E-state index contributed by atoms with van der Waals surface area (Å²) in [4.78, 5) is 44.0. The quantitative estimate of drug-likeness (QED) is 0.172. The molecule has 3 heterocycles. The number of esters is 2. The van der Waals surface area contributed by atoms with Gasteiger partial charge in [0, 0.05) is 15.2 Å². The van der Waals surface area contributed by atoms with Crippen molar-refractivity contribution in [3.8, 4) is 22.8 Å². The molecular formula is C32H29IN2O8S. The zero-order chi connectivity index (χ0) is 31.4. The first-order valence-corrected chi connectivity index (χ1v) is 15.6. The maximum Gasteiger partial charge on any atom is 0.343 e. The average molecular weight is 729 g/mol. The van der Waals surface area contributed by atoms with E-state index >= 15 is 0 Å². The molecule has 10 nitrogen and oxygen atoms in total. The molecule has 0 spiro atoms. The smallest absolute Gasteiger partial charge is 0.343 e. The minimum atomic E-state index is -0.861. The van der Waals surface area contributed by atoms with Gasteiger partial charge in [0.1, 0.15) is 11.5 Å². The molecule has 0 unspecified atom stereocenters. The molecule has 44 heavy (non-hydrogen) atoms. The average Bonchev–Trinajstić information content (AvgIpc) is 3.60. The summed E-state index contributed by atoms with van der Waals surface area (Å²) in [5, 5.41) is 0. The molecule has 0 bridgehead atoms. The van der Waals surface area contributed by atoms with Crippen LogP contribution >= 0.6 is 33.9 Å². The molecule has 0 N–H and O–H groups in total. The monoisotopic (exact) mass is 728 g/mol. The number of benzene rings is 2. The number of furan rings is 1. The zero-order valence-corrected chi connectivity index (χ0v) is 27.4. The third-order valence-corrected chi connectivity index (χ3v) is 8.40. The van der Waals surface area contributed by atoms with Crippen LogP contribution < -0.4 is 24.4 Å². The molecular weight excluding hydrogens is 699 g/mol. The number of halogens is 1. The van der Waals surface area contributed by atoms with E-state index in [1.54, 1.807) is 44.2 Å². The molecule has 0 amide bonds. The van der Waals surface area contributed by atoms with Gasteiger partial charge in [-0.2, -0.15) is 0 Å². The lowest BCUT2D eigenvalue weighted by molar-refractivity contribution is -0.143. The fourth-order valence-corrected chi connectivity index (χ4v) is 6.10. The van der Waals surface area contributed by atoms with Gasteiger partial charge >= 0.3 is 11.9 Å². The van der Waals surface area contributed by atoms with Crippen LogP contribution in [0.4, 0.5) is 0 Å². The van der Waals surface area contributed by atoms with Crippen LogP contribution in [0.1, 0.15) is 38.1 Å². The maximum absolute atomic E-state index is 14.0. The molecule has 0 fully saturated rings. The van der Waals surface area contributed by atoms with E-state index in [0.29, 0.717) is 50.2 Å². The van der Waals surface area contributed by atoms with Crippen LogP contribution in [-0.2, 0) is 19.1 Å². The number of ether oxygens (including phenoxy) is 4. The third kappa shape index (κ3) is 6.50. The van der Waals surface area contributed by atoms with Gasteiger partial charge in [-0.15, -0.1) is 0 Å². The summed E-state index contributed by atoms with van der Waals surface area (Å²) in [6.45, 7) is 5.40. The molecule has 1 aliphatic rings. The van der Waals surface area contributed by atoms with Gasteiger partial charge in [0.2, 0.25) is 0 Å². The van der Waals surface area contributed by atoms with Crippen molar-refractivity contribution in [3.63, 3.8) is 0 Å². The summed E-state index contributed by atoms with van der Waals surface area (Å²) in [5.74, 6) is 0.713. The summed E-state index contributed by atoms with van der Waals surface area (Å²) in [5.41, 5.74) is 1.82. The Hall–Kier alpha value is -4.17. The SMILES string of the molecule is CCOC(=O)C1=C(C)N=c2s/c(=C\c3ccc(-c4ccc(I)cc4)o3)c(=O)n2[C@@H]1c1ccc(OCC(=O)OC)c(OCC)c1. The van der Waals surface area contributed by atoms with Crippen LogP contribution in [0.2, 0.25) is 0 Å². The first-order chi connectivity index (χ1) is 21.2. The lowest BCUT2D eigenvalue weighted by Crippen LogP contribution is -2.40. The fourth-order valence-electron chi connectivity index (χ4n) is 4.71. The molecule has 2 aromatic heterocycles. The number of nitrogens with zero attached hydrogens (tertiary/aromatic N) is 2. The first kappa shape index (κ1) is 31.3. The van der Waals surface area contributed by atoms with Gasteiger partial charge in [-0.25, -0.2) is 14.6 Å². The number of thiazole rings is 1. The lowest BCUT2D eigenvalue weighted by Gasteiger charge is -2.25. The molecule has 1 atom stereocenters. The summed E-state index contributed by atoms with van der Waals surface area (Å²) < 4.78 is 30.5. The maximum atomic E-state index is 14.0. The second-order valence-corrected chi connectivity index (χ2v) is 11.8. The molecule has 0 saturated heterocycles. The molecule has 12 heteroatoms. The summed E-state index contributed by atoms with van der Waals surface area (Å²) in [6.07, 6.45) is 1.68. The zero-order valence-electron chi connectivity index (χ0n) is 24.4. The van der Waals surface area contributed by atoms with Crippen molar-refractivity contribution in [1.29, 1.82) is 0 Å². The topological polar surface area (TPSA) is 119 Å². The van der Waals surface area contributed by atoms with Crippen molar-refractivity contribution in [2.75, 3.05) is 26.9 Å². The summed E-state index contributed by atoms with van der Waals surface area (Å²) >= 11 is 3.44. The Bertz CT molecular complexity index is 1920. The minimum Gasteiger partial charge on any atom is -0.490 e. The molecule has 5 rings (SSSR count). The van der Waals surface area contributed by atoms with Crippen molar-refractivity contribution in [2.24, 2.45) is 4.99 Å². The van der Waals surface area contributed by atoms with Gasteiger partial charge in [-0.05, 0) is 85.3 Å². The highest BCUT2D eigenvalue weighted by Crippen LogP contribution is 2.36. The van der Waals surface area contributed by atoms with E-state index in [0.717, 1.165) is 9.13 Å². The van der Waals surface area contributed by atoms with Crippen LogP contribution in [-0.4, -0.2) is 43.4 Å². The Morgan fingerprint density at radius 3 is 2.52 bits per heavy atom. The van der Waals surface area contributed by atoms with E-state index in [2.05, 4.69) is 32.3 Å². The third-order valence-electron chi connectivity index (χ3n) is 6.70. The standard InChI is InChI=1S/C32H29IN2O8S/c1-5-40-25-15-20(9-13-24(25)42-17-27(36)39-4)29-28(31(38)41-6-2)18(3)34-32-35(29)30(37)26(44-32)16-22-12-14-23(43-22)19-7-10-21(33)11-8-19/h7-16,29H,5-6,17H2,1-4H3/b26-16-/t29-/m1/s1. The van der Waals surface area contributed by atoms with Gasteiger partial charge in [-0.3, -0.25) is 9.36 Å². The second kappa shape index (κ2) is 13.6. The highest BCUT2D eigenvalue weighted by atomic mass is 127. The van der Waals surface area contributed by atoms with Crippen LogP contribution in [0.3, 0.4) is 0 Å². The van der Waals surface area contributed by atoms with E-state index in [-0.39, 0.29) is 24.3 Å². The largest absolute Gasteiger partial charge is 0.490 e. The van der Waals surface area contributed by atoms with Crippen LogP contribution in [0, 0.1) is 3.57 Å². The lowest BCUT2D eigenvalue weighted by atomic mass is 9.95. The van der Waals surface area contributed by atoms with Gasteiger partial charge in [0.25, 0.3) is 5.56 Å². The molecule has 0 saturated carbocycles. The van der Waals surface area contributed by atoms with Crippen molar-refractivity contribution < 1.29 is 33.0 Å². The first-order valence-electron chi connectivity index (χ1n) is 13.8. The predicted molar refractivity (Wildman–Crippen MR) is 172 cm³/mol. The number of hydrogen-bond acceptors (Lipinski definition) is 10. The Labute approximate surface area is 270 Å². The molecule has 1 aliphatic heterocycles. The van der Waals surface area contributed by atoms with E-state index in [1.807, 2.05) is 37.3 Å². The molecule has 2 aromatic carbocycles. The normalized spacial score (nSPS) is 14.6. The van der Waals surface area contributed by atoms with Crippen LogP contribution in [0.5, 0.6) is 11.5 Å². The van der Waals surface area contributed by atoms with Gasteiger partial charge < -0.3 is 23.4 Å². The van der Waals surface area contributed by atoms with Crippen molar-refractivity contribution in [1.82, 2.24) is 4.57 Å². The number of hydrogen-bond donors (Lipinski definition) is 0. The number of aromatic nitrogens is 1. The predicted octanol–water partition coefficient (Wildman–Crippen LogP) is 4.61. The van der Waals surface area contributed by atoms with Crippen molar-refractivity contribution >= 4 is 51.9 Å². The second-order valence-electron chi connectivity index (χ2n) is 9.52. The molecule has 4 aromatic rings. The number of fused-ring (bicyclic) bond motifs is 1. The molecule has 0 aliphatic carbocycles. The van der Waals surface area contributed by atoms with Gasteiger partial charge in [-0.1, -0.05) is 29.5 Å². The Morgan fingerprint density at radius 2 is 1.82 bits per heavy atom. The minimum absolute atomic E-state index is 0.151. The van der Waals surface area contributed by atoms with Gasteiger partial charge in [0.05, 0.1) is 42.2 Å². The summed E-state index contributed by atoms with van der Waals surface area (Å²) in [7, 11) is 1.27. The highest BCUT2D eigenvalue weighted by molar-refractivity contribution is 14.1. The fraction of sp³-hybridized carbons (Fsp3) is 0.250. The Balaban J connectivity index is 1.61. The highest BCUT2D eigenvalue weighted by Gasteiger charge is 2.34. The van der Waals surface area contributed by atoms with E-state index in [9.17, 15) is 14.4 Å².